The Morgan fingerprint density at radius 1 is 1.06 bits per heavy atom. The van der Waals surface area contributed by atoms with Gasteiger partial charge in [-0.05, 0) is 47.9 Å². The van der Waals surface area contributed by atoms with Crippen LogP contribution in [0.15, 0.2) is 48.7 Å². The molecule has 0 aliphatic heterocycles. The van der Waals surface area contributed by atoms with Gasteiger partial charge in [0.2, 0.25) is 5.91 Å². The van der Waals surface area contributed by atoms with Crippen LogP contribution in [0.5, 0.6) is 11.5 Å². The topological polar surface area (TPSA) is 155 Å². The number of hydrogen-bond donors (Lipinski definition) is 5. The molecule has 1 heterocycles. The van der Waals surface area contributed by atoms with Crippen LogP contribution in [-0.2, 0) is 32.0 Å². The van der Waals surface area contributed by atoms with E-state index in [-0.39, 0.29) is 24.3 Å². The van der Waals surface area contributed by atoms with E-state index >= 15 is 0 Å². The molecule has 162 valence electrons. The van der Waals surface area contributed by atoms with Crippen molar-refractivity contribution in [3.63, 3.8) is 0 Å². The van der Waals surface area contributed by atoms with Crippen LogP contribution >= 0.6 is 0 Å². The number of amides is 1. The Kier molecular flexibility index (Phi) is 6.56. The summed E-state index contributed by atoms with van der Waals surface area (Å²) in [5.74, 6) is -2.15. The highest BCUT2D eigenvalue weighted by molar-refractivity contribution is 5.92. The number of phenols is 2. The van der Waals surface area contributed by atoms with Gasteiger partial charge in [-0.15, -0.1) is 0 Å². The van der Waals surface area contributed by atoms with Crippen molar-refractivity contribution in [3.8, 4) is 11.5 Å². The number of fused-ring (bicyclic) bond motifs is 1. The summed E-state index contributed by atoms with van der Waals surface area (Å²) in [5, 5.41) is 22.4. The van der Waals surface area contributed by atoms with Crippen molar-refractivity contribution in [2.75, 3.05) is 0 Å². The number of aromatic hydroxyl groups is 2. The minimum absolute atomic E-state index is 0.0474. The lowest BCUT2D eigenvalue weighted by atomic mass is 10.0. The predicted octanol–water partition coefficient (Wildman–Crippen LogP) is 1.27. The molecule has 3 aromatic rings. The Bertz CT molecular complexity index is 1110. The molecule has 0 aliphatic rings. The number of hydrogen-bond acceptors (Lipinski definition) is 7. The fourth-order valence-corrected chi connectivity index (χ4v) is 3.22. The number of esters is 2. The van der Waals surface area contributed by atoms with E-state index in [4.69, 9.17) is 5.73 Å². The molecule has 0 bridgehead atoms. The van der Waals surface area contributed by atoms with Crippen molar-refractivity contribution in [2.45, 2.75) is 31.8 Å². The fourth-order valence-electron chi connectivity index (χ4n) is 3.22. The zero-order valence-electron chi connectivity index (χ0n) is 16.8. The summed E-state index contributed by atoms with van der Waals surface area (Å²) >= 11 is 0. The molecule has 0 radical (unpaired) electrons. The molecule has 31 heavy (non-hydrogen) atoms. The molecule has 3 rings (SSSR count). The van der Waals surface area contributed by atoms with E-state index in [1.165, 1.54) is 12.1 Å². The van der Waals surface area contributed by atoms with Gasteiger partial charge in [-0.1, -0.05) is 12.1 Å². The summed E-state index contributed by atoms with van der Waals surface area (Å²) in [5.41, 5.74) is 8.22. The maximum Gasteiger partial charge on any atom is 0.336 e. The average Bonchev–Trinajstić information content (AvgIpc) is 3.10. The molecule has 9 heteroatoms. The molecule has 0 saturated carbocycles. The van der Waals surface area contributed by atoms with Gasteiger partial charge in [-0.3, -0.25) is 9.59 Å². The SMILES string of the molecule is CC(=O)OC(=O)[C@H](Cc1ccc(O)cc1)NC(=O)[C@@H](N)Cc1c[nH]c2ccc(O)cc12. The Morgan fingerprint density at radius 3 is 2.42 bits per heavy atom. The number of benzene rings is 2. The number of aromatic amines is 1. The molecule has 0 fully saturated rings. The lowest BCUT2D eigenvalue weighted by Crippen LogP contribution is -2.50. The van der Waals surface area contributed by atoms with Gasteiger partial charge in [0.15, 0.2) is 0 Å². The molecule has 0 aliphatic carbocycles. The van der Waals surface area contributed by atoms with Gasteiger partial charge in [0.05, 0.1) is 6.04 Å². The monoisotopic (exact) mass is 425 g/mol. The molecule has 2 aromatic carbocycles. The highest BCUT2D eigenvalue weighted by atomic mass is 16.6. The van der Waals surface area contributed by atoms with E-state index in [0.717, 1.165) is 23.4 Å². The summed E-state index contributed by atoms with van der Waals surface area (Å²) in [4.78, 5) is 39.3. The number of phenolic OH excluding ortho intramolecular Hbond substituents is 2. The van der Waals surface area contributed by atoms with E-state index in [0.29, 0.717) is 5.56 Å². The molecular weight excluding hydrogens is 402 g/mol. The van der Waals surface area contributed by atoms with Crippen molar-refractivity contribution in [1.29, 1.82) is 0 Å². The van der Waals surface area contributed by atoms with Crippen LogP contribution in [0.1, 0.15) is 18.1 Å². The summed E-state index contributed by atoms with van der Waals surface area (Å²) < 4.78 is 4.65. The van der Waals surface area contributed by atoms with Crippen LogP contribution < -0.4 is 11.1 Å². The number of aromatic nitrogens is 1. The number of H-pyrrole nitrogens is 1. The second-order valence-corrected chi connectivity index (χ2v) is 7.20. The minimum Gasteiger partial charge on any atom is -0.508 e. The summed E-state index contributed by atoms with van der Waals surface area (Å²) in [6.45, 7) is 1.09. The van der Waals surface area contributed by atoms with E-state index in [9.17, 15) is 24.6 Å². The zero-order valence-corrected chi connectivity index (χ0v) is 16.8. The van der Waals surface area contributed by atoms with Crippen LogP contribution in [0.2, 0.25) is 0 Å². The maximum atomic E-state index is 12.7. The van der Waals surface area contributed by atoms with Crippen molar-refractivity contribution < 1.29 is 29.3 Å². The van der Waals surface area contributed by atoms with Crippen molar-refractivity contribution in [1.82, 2.24) is 10.3 Å². The quantitative estimate of drug-likeness (QED) is 0.282. The number of carbonyl (C=O) groups excluding carboxylic acids is 3. The zero-order chi connectivity index (χ0) is 22.5. The Balaban J connectivity index is 1.73. The third-order valence-corrected chi connectivity index (χ3v) is 4.75. The maximum absolute atomic E-state index is 12.7. The summed E-state index contributed by atoms with van der Waals surface area (Å²) in [6.07, 6.45) is 1.91. The minimum atomic E-state index is -1.14. The number of nitrogens with one attached hydrogen (secondary N) is 2. The van der Waals surface area contributed by atoms with Crippen LogP contribution in [0.25, 0.3) is 10.9 Å². The highest BCUT2D eigenvalue weighted by Gasteiger charge is 2.27. The average molecular weight is 425 g/mol. The first kappa shape index (κ1) is 21.8. The molecule has 0 saturated heterocycles. The van der Waals surface area contributed by atoms with Gasteiger partial charge < -0.3 is 31.0 Å². The van der Waals surface area contributed by atoms with Gasteiger partial charge in [-0.2, -0.15) is 0 Å². The first-order valence-electron chi connectivity index (χ1n) is 9.58. The molecule has 1 aromatic heterocycles. The number of rotatable bonds is 7. The first-order chi connectivity index (χ1) is 14.7. The second-order valence-electron chi connectivity index (χ2n) is 7.20. The van der Waals surface area contributed by atoms with Crippen LogP contribution in [0.4, 0.5) is 0 Å². The standard InChI is InChI=1S/C22H23N3O6/c1-12(26)31-22(30)20(8-13-2-4-15(27)5-3-13)25-21(29)18(23)9-14-11-24-19-7-6-16(28)10-17(14)19/h2-7,10-11,18,20,24,27-28H,8-9,23H2,1H3,(H,25,29)/t18-,20-/m0/s1. The molecular formula is C22H23N3O6. The highest BCUT2D eigenvalue weighted by Crippen LogP contribution is 2.23. The summed E-state index contributed by atoms with van der Waals surface area (Å²) in [6, 6.07) is 8.78. The van der Waals surface area contributed by atoms with Gasteiger partial charge >= 0.3 is 11.9 Å². The Labute approximate surface area is 177 Å². The third-order valence-electron chi connectivity index (χ3n) is 4.75. The molecule has 9 nitrogen and oxygen atoms in total. The number of carbonyl (C=O) groups is 3. The van der Waals surface area contributed by atoms with E-state index in [1.807, 2.05) is 0 Å². The molecule has 2 atom stereocenters. The van der Waals surface area contributed by atoms with Crippen LogP contribution in [-0.4, -0.2) is 45.1 Å². The van der Waals surface area contributed by atoms with E-state index in [2.05, 4.69) is 15.0 Å². The van der Waals surface area contributed by atoms with Gasteiger partial charge in [0.1, 0.15) is 17.5 Å². The molecule has 1 amide bonds. The van der Waals surface area contributed by atoms with E-state index in [1.54, 1.807) is 36.5 Å². The largest absolute Gasteiger partial charge is 0.508 e. The number of nitrogens with two attached hydrogens (primary N) is 1. The molecule has 0 unspecified atom stereocenters. The van der Waals surface area contributed by atoms with Crippen molar-refractivity contribution in [2.24, 2.45) is 5.73 Å². The van der Waals surface area contributed by atoms with Crippen molar-refractivity contribution in [3.05, 3.63) is 59.8 Å². The first-order valence-corrected chi connectivity index (χ1v) is 9.58. The lowest BCUT2D eigenvalue weighted by Gasteiger charge is -2.19. The summed E-state index contributed by atoms with van der Waals surface area (Å²) in [7, 11) is 0. The van der Waals surface area contributed by atoms with Gasteiger partial charge in [0, 0.05) is 30.4 Å². The molecule has 0 spiro atoms. The third kappa shape index (κ3) is 5.61. The van der Waals surface area contributed by atoms with Gasteiger partial charge in [0.25, 0.3) is 0 Å². The smallest absolute Gasteiger partial charge is 0.336 e. The number of ether oxygens (including phenoxy) is 1. The normalized spacial score (nSPS) is 12.8. The van der Waals surface area contributed by atoms with Gasteiger partial charge in [-0.25, -0.2) is 4.79 Å². The van der Waals surface area contributed by atoms with Crippen LogP contribution in [0.3, 0.4) is 0 Å². The molecule has 6 N–H and O–H groups in total. The predicted molar refractivity (Wildman–Crippen MR) is 112 cm³/mol. The van der Waals surface area contributed by atoms with Crippen molar-refractivity contribution >= 4 is 28.7 Å². The Morgan fingerprint density at radius 2 is 1.74 bits per heavy atom. The Hall–Kier alpha value is -3.85. The fraction of sp³-hybridized carbons (Fsp3) is 0.227. The van der Waals surface area contributed by atoms with E-state index < -0.39 is 29.9 Å². The van der Waals surface area contributed by atoms with Crippen LogP contribution in [0, 0.1) is 0 Å². The second kappa shape index (κ2) is 9.31. The lowest BCUT2D eigenvalue weighted by molar-refractivity contribution is -0.160.